The van der Waals surface area contributed by atoms with E-state index in [1.165, 1.54) is 31.0 Å². The van der Waals surface area contributed by atoms with Crippen LogP contribution in [0.25, 0.3) is 0 Å². The predicted octanol–water partition coefficient (Wildman–Crippen LogP) is 3.49. The van der Waals surface area contributed by atoms with Gasteiger partial charge >= 0.3 is 0 Å². The summed E-state index contributed by atoms with van der Waals surface area (Å²) in [7, 11) is -4.03. The Morgan fingerprint density at radius 1 is 1.08 bits per heavy atom. The molecule has 6 rings (SSSR count). The summed E-state index contributed by atoms with van der Waals surface area (Å²) in [6.07, 6.45) is 3.64. The van der Waals surface area contributed by atoms with Crippen LogP contribution in [0, 0.1) is 12.8 Å². The lowest BCUT2D eigenvalue weighted by Crippen LogP contribution is -2.71. The van der Waals surface area contributed by atoms with Gasteiger partial charge in [0.1, 0.15) is 10.6 Å². The van der Waals surface area contributed by atoms with Crippen LogP contribution < -0.4 is 5.56 Å². The van der Waals surface area contributed by atoms with E-state index in [2.05, 4.69) is 16.8 Å². The number of fused-ring (bicyclic) bond motifs is 2. The first-order chi connectivity index (χ1) is 18.0. The van der Waals surface area contributed by atoms with Gasteiger partial charge in [0.25, 0.3) is 5.56 Å². The molecule has 38 heavy (non-hydrogen) atoms. The number of nitrogens with one attached hydrogen (secondary N) is 1. The van der Waals surface area contributed by atoms with Crippen molar-refractivity contribution in [1.82, 2.24) is 9.88 Å². The number of sulfone groups is 1. The van der Waals surface area contributed by atoms with Gasteiger partial charge in [0.2, 0.25) is 9.84 Å². The Bertz CT molecular complexity index is 1560. The zero-order chi connectivity index (χ0) is 26.9. The van der Waals surface area contributed by atoms with Crippen LogP contribution in [0.3, 0.4) is 0 Å². The molecule has 3 aromatic rings. The normalized spacial score (nSPS) is 27.5. The van der Waals surface area contributed by atoms with E-state index in [9.17, 15) is 23.4 Å². The SMILES string of the molecule is Cc1ccc(O)cc1[C@]12CCN(CC3CC3)[C@H](C)[C@]1(O)Cc1cc(S(=O)(=O)c3ccccc3)c(=O)[nH]c1C2. The second-order valence-electron chi connectivity index (χ2n) is 11.5. The van der Waals surface area contributed by atoms with Crippen molar-refractivity contribution >= 4 is 9.84 Å². The van der Waals surface area contributed by atoms with Crippen molar-refractivity contribution in [1.29, 1.82) is 0 Å². The van der Waals surface area contributed by atoms with Crippen LogP contribution in [0.1, 0.15) is 48.6 Å². The van der Waals surface area contributed by atoms with Gasteiger partial charge in [-0.3, -0.25) is 9.69 Å². The van der Waals surface area contributed by atoms with Gasteiger partial charge in [-0.15, -0.1) is 0 Å². The smallest absolute Gasteiger partial charge is 0.267 e. The van der Waals surface area contributed by atoms with E-state index in [4.69, 9.17) is 0 Å². The number of benzene rings is 2. The molecule has 2 aromatic carbocycles. The van der Waals surface area contributed by atoms with Crippen LogP contribution in [0.5, 0.6) is 5.75 Å². The van der Waals surface area contributed by atoms with Gasteiger partial charge in [-0.1, -0.05) is 24.3 Å². The molecule has 0 bridgehead atoms. The van der Waals surface area contributed by atoms with E-state index in [1.54, 1.807) is 30.3 Å². The molecule has 7 nitrogen and oxygen atoms in total. The third-order valence-corrected chi connectivity index (χ3v) is 11.1. The van der Waals surface area contributed by atoms with E-state index < -0.39 is 26.4 Å². The number of phenols is 1. The summed E-state index contributed by atoms with van der Waals surface area (Å²) in [5.41, 5.74) is 0.513. The molecular formula is C30H34N2O5S. The Balaban J connectivity index is 1.51. The van der Waals surface area contributed by atoms with Crippen molar-refractivity contribution in [2.24, 2.45) is 5.92 Å². The van der Waals surface area contributed by atoms with Crippen molar-refractivity contribution in [3.63, 3.8) is 0 Å². The second kappa shape index (κ2) is 8.79. The molecule has 0 radical (unpaired) electrons. The molecule has 3 atom stereocenters. The van der Waals surface area contributed by atoms with Crippen LogP contribution in [-0.4, -0.2) is 53.2 Å². The first-order valence-electron chi connectivity index (χ1n) is 13.4. The molecule has 3 aliphatic rings. The largest absolute Gasteiger partial charge is 0.508 e. The first-order valence-corrected chi connectivity index (χ1v) is 14.9. The Morgan fingerprint density at radius 2 is 1.82 bits per heavy atom. The highest BCUT2D eigenvalue weighted by molar-refractivity contribution is 7.91. The lowest BCUT2D eigenvalue weighted by Gasteiger charge is -2.60. The number of piperidine rings is 1. The first kappa shape index (κ1) is 25.3. The van der Waals surface area contributed by atoms with E-state index in [-0.39, 0.29) is 28.0 Å². The van der Waals surface area contributed by atoms with Crippen molar-refractivity contribution in [2.45, 2.75) is 72.8 Å². The monoisotopic (exact) mass is 534 g/mol. The minimum absolute atomic E-state index is 0.0614. The minimum atomic E-state index is -4.03. The lowest BCUT2D eigenvalue weighted by atomic mass is 9.53. The standard InChI is InChI=1S/C30H34N2O5S/c1-19-8-11-23(33)15-25(19)29-12-13-32(18-21-9-10-21)20(2)30(29,35)16-22-14-27(28(34)31-26(22)17-29)38(36,37)24-6-4-3-5-7-24/h3-8,11,14-15,20-21,33,35H,9-10,12-13,16-18H2,1-2H3,(H,31,34)/t20-,29-,30-/m1/s1. The highest BCUT2D eigenvalue weighted by Crippen LogP contribution is 2.54. The number of hydrogen-bond acceptors (Lipinski definition) is 6. The molecule has 1 saturated heterocycles. The van der Waals surface area contributed by atoms with Crippen LogP contribution >= 0.6 is 0 Å². The number of aromatic amines is 1. The van der Waals surface area contributed by atoms with E-state index in [1.807, 2.05) is 13.0 Å². The lowest BCUT2D eigenvalue weighted by molar-refractivity contribution is -0.139. The van der Waals surface area contributed by atoms with Crippen LogP contribution in [-0.2, 0) is 28.1 Å². The number of pyridine rings is 1. The maximum absolute atomic E-state index is 13.4. The zero-order valence-electron chi connectivity index (χ0n) is 21.8. The molecule has 1 aromatic heterocycles. The predicted molar refractivity (Wildman–Crippen MR) is 144 cm³/mol. The summed E-state index contributed by atoms with van der Waals surface area (Å²) in [4.78, 5) is 18.2. The van der Waals surface area contributed by atoms with Crippen molar-refractivity contribution in [2.75, 3.05) is 13.1 Å². The minimum Gasteiger partial charge on any atom is -0.508 e. The maximum atomic E-state index is 13.4. The van der Waals surface area contributed by atoms with E-state index >= 15 is 0 Å². The Labute approximate surface area is 223 Å². The molecule has 0 spiro atoms. The van der Waals surface area contributed by atoms with Gasteiger partial charge in [-0.2, -0.15) is 0 Å². The number of nitrogens with zero attached hydrogens (tertiary/aromatic N) is 1. The number of aromatic nitrogens is 1. The zero-order valence-corrected chi connectivity index (χ0v) is 22.6. The fourth-order valence-electron chi connectivity index (χ4n) is 6.90. The molecule has 0 unspecified atom stereocenters. The number of rotatable bonds is 5. The summed E-state index contributed by atoms with van der Waals surface area (Å²) < 4.78 is 26.8. The molecule has 1 aliphatic heterocycles. The summed E-state index contributed by atoms with van der Waals surface area (Å²) in [5.74, 6) is 0.796. The van der Waals surface area contributed by atoms with Gasteiger partial charge in [0.05, 0.1) is 10.5 Å². The maximum Gasteiger partial charge on any atom is 0.267 e. The van der Waals surface area contributed by atoms with Crippen molar-refractivity contribution in [3.8, 4) is 5.75 Å². The summed E-state index contributed by atoms with van der Waals surface area (Å²) in [6, 6.07) is 14.5. The quantitative estimate of drug-likeness (QED) is 0.462. The van der Waals surface area contributed by atoms with E-state index in [0.29, 0.717) is 30.0 Å². The summed E-state index contributed by atoms with van der Waals surface area (Å²) in [5, 5.41) is 23.2. The fourth-order valence-corrected chi connectivity index (χ4v) is 8.26. The van der Waals surface area contributed by atoms with Crippen LogP contribution in [0.2, 0.25) is 0 Å². The van der Waals surface area contributed by atoms with Gasteiger partial charge in [0, 0.05) is 36.5 Å². The average Bonchev–Trinajstić information content (AvgIpc) is 3.71. The molecule has 8 heteroatoms. The molecule has 1 saturated carbocycles. The number of likely N-dealkylation sites (tertiary alicyclic amines) is 1. The highest BCUT2D eigenvalue weighted by Gasteiger charge is 2.61. The Morgan fingerprint density at radius 3 is 2.53 bits per heavy atom. The average molecular weight is 535 g/mol. The van der Waals surface area contributed by atoms with E-state index in [0.717, 1.165) is 24.2 Å². The Kier molecular flexibility index (Phi) is 5.87. The van der Waals surface area contributed by atoms with Crippen molar-refractivity contribution in [3.05, 3.63) is 87.3 Å². The summed E-state index contributed by atoms with van der Waals surface area (Å²) in [6.45, 7) is 5.78. The number of H-pyrrole nitrogens is 1. The van der Waals surface area contributed by atoms with Crippen molar-refractivity contribution < 1.29 is 18.6 Å². The number of hydrogen-bond donors (Lipinski definition) is 3. The number of aromatic hydroxyl groups is 1. The molecule has 2 fully saturated rings. The van der Waals surface area contributed by atoms with Gasteiger partial charge < -0.3 is 15.2 Å². The number of aliphatic hydroxyl groups is 1. The molecular weight excluding hydrogens is 500 g/mol. The van der Waals surface area contributed by atoms with Gasteiger partial charge in [0.15, 0.2) is 0 Å². The van der Waals surface area contributed by atoms with Gasteiger partial charge in [-0.25, -0.2) is 8.42 Å². The molecule has 200 valence electrons. The molecule has 2 heterocycles. The van der Waals surface area contributed by atoms with Crippen LogP contribution in [0.4, 0.5) is 0 Å². The van der Waals surface area contributed by atoms with Gasteiger partial charge in [-0.05, 0) is 92.6 Å². The number of aryl methyl sites for hydroxylation is 1. The third-order valence-electron chi connectivity index (χ3n) is 9.28. The third kappa shape index (κ3) is 3.84. The fraction of sp³-hybridized carbons (Fsp3) is 0.433. The summed E-state index contributed by atoms with van der Waals surface area (Å²) >= 11 is 0. The second-order valence-corrected chi connectivity index (χ2v) is 13.4. The highest BCUT2D eigenvalue weighted by atomic mass is 32.2. The molecule has 0 amide bonds. The van der Waals surface area contributed by atoms with Crippen LogP contribution in [0.15, 0.2) is 69.2 Å². The topological polar surface area (TPSA) is 111 Å². The number of phenolic OH excluding ortho intramolecular Hbond substituents is 1. The molecule has 2 aliphatic carbocycles. The molecule has 3 N–H and O–H groups in total. The Hall–Kier alpha value is -2.94.